The summed E-state index contributed by atoms with van der Waals surface area (Å²) in [5, 5.41) is 7.87. The lowest BCUT2D eigenvalue weighted by Crippen LogP contribution is -2.21. The van der Waals surface area contributed by atoms with Gasteiger partial charge in [0, 0.05) is 18.7 Å². The number of nitrogens with zero attached hydrogens (tertiary/aromatic N) is 1. The molecule has 5 heteroatoms. The first-order valence-corrected chi connectivity index (χ1v) is 6.99. The van der Waals surface area contributed by atoms with Crippen LogP contribution < -0.4 is 10.1 Å². The summed E-state index contributed by atoms with van der Waals surface area (Å²) in [5.74, 6) is 1.33. The topological polar surface area (TPSA) is 47.3 Å². The molecule has 1 N–H and O–H groups in total. The molecule has 0 aliphatic heterocycles. The Hall–Kier alpha value is -1.52. The highest BCUT2D eigenvalue weighted by Crippen LogP contribution is 2.26. The molecule has 1 heterocycles. The van der Waals surface area contributed by atoms with Crippen LogP contribution in [0.3, 0.4) is 0 Å². The number of ether oxygens (including phenoxy) is 1. The number of aryl methyl sites for hydroxylation is 1. The van der Waals surface area contributed by atoms with E-state index in [9.17, 15) is 0 Å². The normalized spacial score (nSPS) is 11.1. The van der Waals surface area contributed by atoms with Crippen molar-refractivity contribution in [1.82, 2.24) is 10.5 Å². The lowest BCUT2D eigenvalue weighted by molar-refractivity contribution is 0.248. The van der Waals surface area contributed by atoms with E-state index in [1.165, 1.54) is 0 Å². The van der Waals surface area contributed by atoms with Gasteiger partial charge in [-0.25, -0.2) is 0 Å². The van der Waals surface area contributed by atoms with Crippen LogP contribution in [-0.2, 0) is 13.2 Å². The molecule has 1 aromatic heterocycles. The molecule has 0 atom stereocenters. The number of hydrogen-bond donors (Lipinski definition) is 1. The van der Waals surface area contributed by atoms with Crippen LogP contribution in [0.15, 0.2) is 28.8 Å². The third-order valence-corrected chi connectivity index (χ3v) is 3.05. The molecule has 0 fully saturated rings. The lowest BCUT2D eigenvalue weighted by Gasteiger charge is -2.06. The minimum absolute atomic E-state index is 0.317. The van der Waals surface area contributed by atoms with Gasteiger partial charge in [-0.3, -0.25) is 0 Å². The van der Waals surface area contributed by atoms with Crippen LogP contribution in [0.2, 0.25) is 5.02 Å². The second kappa shape index (κ2) is 6.77. The number of nitrogens with one attached hydrogen (secondary N) is 1. The summed E-state index contributed by atoms with van der Waals surface area (Å²) in [6, 6.07) is 7.99. The van der Waals surface area contributed by atoms with Gasteiger partial charge >= 0.3 is 0 Å². The van der Waals surface area contributed by atoms with Gasteiger partial charge in [0.2, 0.25) is 0 Å². The molecule has 0 saturated heterocycles. The molecule has 0 radical (unpaired) electrons. The second-order valence-electron chi connectivity index (χ2n) is 5.04. The Balaban J connectivity index is 1.90. The number of aromatic nitrogens is 1. The second-order valence-corrected chi connectivity index (χ2v) is 5.45. The molecule has 2 rings (SSSR count). The van der Waals surface area contributed by atoms with E-state index in [0.29, 0.717) is 35.7 Å². The molecule has 4 nitrogen and oxygen atoms in total. The summed E-state index contributed by atoms with van der Waals surface area (Å²) in [6.45, 7) is 7.16. The van der Waals surface area contributed by atoms with Gasteiger partial charge in [0.05, 0.1) is 10.7 Å². The van der Waals surface area contributed by atoms with Crippen molar-refractivity contribution in [3.8, 4) is 5.75 Å². The molecule has 1 aromatic carbocycles. The largest absolute Gasteiger partial charge is 0.484 e. The fourth-order valence-corrected chi connectivity index (χ4v) is 1.98. The van der Waals surface area contributed by atoms with E-state index >= 15 is 0 Å². The molecule has 0 aliphatic carbocycles. The van der Waals surface area contributed by atoms with Crippen LogP contribution in [0.5, 0.6) is 5.75 Å². The van der Waals surface area contributed by atoms with Gasteiger partial charge in [-0.15, -0.1) is 0 Å². The predicted octanol–water partition coefficient (Wildman–Crippen LogP) is 3.71. The van der Waals surface area contributed by atoms with Gasteiger partial charge in [-0.1, -0.05) is 36.7 Å². The van der Waals surface area contributed by atoms with Crippen LogP contribution in [0, 0.1) is 6.92 Å². The number of halogens is 1. The van der Waals surface area contributed by atoms with E-state index in [2.05, 4.69) is 24.3 Å². The average molecular weight is 295 g/mol. The molecule has 0 aliphatic rings. The summed E-state index contributed by atoms with van der Waals surface area (Å²) < 4.78 is 10.9. The first kappa shape index (κ1) is 14.9. The van der Waals surface area contributed by atoms with Crippen molar-refractivity contribution in [2.45, 2.75) is 40.0 Å². The van der Waals surface area contributed by atoms with Gasteiger partial charge in [-0.05, 0) is 24.6 Å². The zero-order valence-corrected chi connectivity index (χ0v) is 12.7. The standard InChI is InChI=1S/C15H19ClN2O2/c1-10(2)17-8-12-7-13(20-18-12)9-19-15-5-4-11(3)6-14(15)16/h4-7,10,17H,8-9H2,1-3H3. The van der Waals surface area contributed by atoms with Crippen molar-refractivity contribution < 1.29 is 9.26 Å². The number of benzene rings is 1. The van der Waals surface area contributed by atoms with E-state index in [0.717, 1.165) is 11.3 Å². The van der Waals surface area contributed by atoms with Crippen molar-refractivity contribution in [3.63, 3.8) is 0 Å². The van der Waals surface area contributed by atoms with Gasteiger partial charge in [-0.2, -0.15) is 0 Å². The number of rotatable bonds is 6. The van der Waals surface area contributed by atoms with Crippen molar-refractivity contribution in [2.75, 3.05) is 0 Å². The van der Waals surface area contributed by atoms with Crippen molar-refractivity contribution in [2.24, 2.45) is 0 Å². The predicted molar refractivity (Wildman–Crippen MR) is 79.0 cm³/mol. The maximum atomic E-state index is 6.10. The first-order chi connectivity index (χ1) is 9.54. The Kier molecular flexibility index (Phi) is 5.04. The SMILES string of the molecule is Cc1ccc(OCc2cc(CNC(C)C)no2)c(Cl)c1. The Morgan fingerprint density at radius 1 is 1.35 bits per heavy atom. The smallest absolute Gasteiger partial charge is 0.174 e. The molecule has 0 saturated carbocycles. The maximum Gasteiger partial charge on any atom is 0.174 e. The van der Waals surface area contributed by atoms with Gasteiger partial charge in [0.15, 0.2) is 5.76 Å². The summed E-state index contributed by atoms with van der Waals surface area (Å²) in [4.78, 5) is 0. The van der Waals surface area contributed by atoms with Crippen LogP contribution >= 0.6 is 11.6 Å². The van der Waals surface area contributed by atoms with Crippen molar-refractivity contribution >= 4 is 11.6 Å². The molecular formula is C15H19ClN2O2. The third kappa shape index (κ3) is 4.25. The molecule has 0 unspecified atom stereocenters. The van der Waals surface area contributed by atoms with Crippen LogP contribution in [0.25, 0.3) is 0 Å². The van der Waals surface area contributed by atoms with Crippen LogP contribution in [0.4, 0.5) is 0 Å². The average Bonchev–Trinajstić information content (AvgIpc) is 2.83. The minimum Gasteiger partial charge on any atom is -0.484 e. The Bertz CT molecular complexity index is 567. The van der Waals surface area contributed by atoms with E-state index in [1.54, 1.807) is 0 Å². The summed E-state index contributed by atoms with van der Waals surface area (Å²) in [7, 11) is 0. The van der Waals surface area contributed by atoms with Gasteiger partial charge < -0.3 is 14.6 Å². The number of hydrogen-bond acceptors (Lipinski definition) is 4. The molecular weight excluding hydrogens is 276 g/mol. The van der Waals surface area contributed by atoms with E-state index in [-0.39, 0.29) is 0 Å². The Morgan fingerprint density at radius 2 is 2.15 bits per heavy atom. The molecule has 0 bridgehead atoms. The molecule has 2 aromatic rings. The fourth-order valence-electron chi connectivity index (χ4n) is 1.69. The zero-order valence-electron chi connectivity index (χ0n) is 11.9. The highest BCUT2D eigenvalue weighted by Gasteiger charge is 2.07. The lowest BCUT2D eigenvalue weighted by atomic mass is 10.2. The molecule has 20 heavy (non-hydrogen) atoms. The van der Waals surface area contributed by atoms with E-state index in [4.69, 9.17) is 20.9 Å². The van der Waals surface area contributed by atoms with Gasteiger partial charge in [0.25, 0.3) is 0 Å². The molecule has 108 valence electrons. The Labute approximate surface area is 124 Å². The Morgan fingerprint density at radius 3 is 2.85 bits per heavy atom. The quantitative estimate of drug-likeness (QED) is 0.882. The fraction of sp³-hybridized carbons (Fsp3) is 0.400. The van der Waals surface area contributed by atoms with Crippen molar-refractivity contribution in [3.05, 3.63) is 46.3 Å². The van der Waals surface area contributed by atoms with Crippen LogP contribution in [-0.4, -0.2) is 11.2 Å². The van der Waals surface area contributed by atoms with Gasteiger partial charge in [0.1, 0.15) is 12.4 Å². The maximum absolute atomic E-state index is 6.10. The molecule has 0 amide bonds. The monoisotopic (exact) mass is 294 g/mol. The molecule has 0 spiro atoms. The third-order valence-electron chi connectivity index (χ3n) is 2.76. The van der Waals surface area contributed by atoms with Crippen molar-refractivity contribution in [1.29, 1.82) is 0 Å². The summed E-state index contributed by atoms with van der Waals surface area (Å²) in [5.41, 5.74) is 1.97. The highest BCUT2D eigenvalue weighted by molar-refractivity contribution is 6.32. The van der Waals surface area contributed by atoms with E-state index < -0.39 is 0 Å². The minimum atomic E-state index is 0.317. The first-order valence-electron chi connectivity index (χ1n) is 6.61. The van der Waals surface area contributed by atoms with E-state index in [1.807, 2.05) is 31.2 Å². The van der Waals surface area contributed by atoms with Crippen LogP contribution in [0.1, 0.15) is 30.9 Å². The zero-order chi connectivity index (χ0) is 14.5. The summed E-state index contributed by atoms with van der Waals surface area (Å²) >= 11 is 6.10. The summed E-state index contributed by atoms with van der Waals surface area (Å²) in [6.07, 6.45) is 0. The highest BCUT2D eigenvalue weighted by atomic mass is 35.5.